The molecule has 0 aliphatic carbocycles. The molecule has 2 aromatic rings. The molecule has 0 fully saturated rings. The van der Waals surface area contributed by atoms with Gasteiger partial charge in [-0.25, -0.2) is 4.79 Å². The van der Waals surface area contributed by atoms with E-state index in [1.807, 2.05) is 36.4 Å². The zero-order chi connectivity index (χ0) is 23.1. The first-order valence-electron chi connectivity index (χ1n) is 9.79. The number of anilines is 1. The van der Waals surface area contributed by atoms with Crippen LogP contribution in [0.1, 0.15) is 17.3 Å². The van der Waals surface area contributed by atoms with Crippen LogP contribution in [0.15, 0.2) is 83.1 Å². The highest BCUT2D eigenvalue weighted by molar-refractivity contribution is 6.46. The molecule has 0 radical (unpaired) electrons. The molecular weight excluding hydrogens is 408 g/mol. The van der Waals surface area contributed by atoms with Gasteiger partial charge in [0.25, 0.3) is 5.91 Å². The second-order valence-electron chi connectivity index (χ2n) is 6.87. The Bertz CT molecular complexity index is 1150. The number of carbonyl (C=O) groups is 2. The number of amides is 1. The standard InChI is InChI=1S/C24H22N4O4/c1-16-21(15-25)17(2)28(3)23(29)22(16)27-26-19-9-7-8-18(14-19)24(30)32-13-12-31-20-10-5-4-6-11-20/h4-11,14,26H,2,12-13H2,1,3H3/b27-22-. The van der Waals surface area contributed by atoms with Gasteiger partial charge < -0.3 is 14.4 Å². The van der Waals surface area contributed by atoms with Crippen molar-refractivity contribution >= 4 is 23.3 Å². The first-order chi connectivity index (χ1) is 15.4. The molecule has 8 heteroatoms. The van der Waals surface area contributed by atoms with Crippen LogP contribution in [0.25, 0.3) is 0 Å². The highest BCUT2D eigenvalue weighted by atomic mass is 16.6. The fraction of sp³-hybridized carbons (Fsp3) is 0.167. The van der Waals surface area contributed by atoms with Crippen LogP contribution in [0.2, 0.25) is 0 Å². The van der Waals surface area contributed by atoms with Crippen molar-refractivity contribution in [2.24, 2.45) is 5.10 Å². The number of benzene rings is 2. The zero-order valence-corrected chi connectivity index (χ0v) is 17.8. The molecule has 0 saturated carbocycles. The monoisotopic (exact) mass is 430 g/mol. The van der Waals surface area contributed by atoms with Gasteiger partial charge in [0.15, 0.2) is 5.71 Å². The Balaban J connectivity index is 1.64. The summed E-state index contributed by atoms with van der Waals surface area (Å²) in [4.78, 5) is 26.1. The van der Waals surface area contributed by atoms with Crippen LogP contribution in [-0.2, 0) is 9.53 Å². The molecule has 8 nitrogen and oxygen atoms in total. The average molecular weight is 430 g/mol. The van der Waals surface area contributed by atoms with Crippen molar-refractivity contribution in [1.29, 1.82) is 5.26 Å². The summed E-state index contributed by atoms with van der Waals surface area (Å²) in [5.41, 5.74) is 4.73. The maximum Gasteiger partial charge on any atom is 0.338 e. The van der Waals surface area contributed by atoms with Crippen LogP contribution in [0.4, 0.5) is 5.69 Å². The van der Waals surface area contributed by atoms with Gasteiger partial charge in [0, 0.05) is 12.6 Å². The molecule has 1 amide bonds. The third kappa shape index (κ3) is 5.02. The summed E-state index contributed by atoms with van der Waals surface area (Å²) < 4.78 is 10.7. The number of nitrogens with zero attached hydrogens (tertiary/aromatic N) is 3. The van der Waals surface area contributed by atoms with Crippen LogP contribution in [-0.4, -0.2) is 42.7 Å². The van der Waals surface area contributed by atoms with Crippen molar-refractivity contribution in [3.8, 4) is 11.8 Å². The smallest absolute Gasteiger partial charge is 0.338 e. The van der Waals surface area contributed by atoms with Crippen molar-refractivity contribution < 1.29 is 19.1 Å². The highest BCUT2D eigenvalue weighted by Crippen LogP contribution is 2.24. The lowest BCUT2D eigenvalue weighted by atomic mass is 9.98. The molecule has 0 bridgehead atoms. The largest absolute Gasteiger partial charge is 0.490 e. The molecule has 32 heavy (non-hydrogen) atoms. The SMILES string of the molecule is C=C1C(C#N)=C(C)/C(=N/Nc2cccc(C(=O)OCCOc3ccccc3)c2)C(=O)N1C. The lowest BCUT2D eigenvalue weighted by molar-refractivity contribution is -0.121. The third-order valence-corrected chi connectivity index (χ3v) is 4.77. The molecule has 1 heterocycles. The van der Waals surface area contributed by atoms with Crippen molar-refractivity contribution in [2.45, 2.75) is 6.92 Å². The van der Waals surface area contributed by atoms with Crippen molar-refractivity contribution in [3.63, 3.8) is 0 Å². The van der Waals surface area contributed by atoms with Gasteiger partial charge in [0.2, 0.25) is 0 Å². The number of allylic oxidation sites excluding steroid dienone is 1. The summed E-state index contributed by atoms with van der Waals surface area (Å²) in [5.74, 6) is -0.192. The number of hydrazone groups is 1. The first-order valence-corrected chi connectivity index (χ1v) is 9.79. The number of hydrogen-bond donors (Lipinski definition) is 1. The zero-order valence-electron chi connectivity index (χ0n) is 17.8. The fourth-order valence-electron chi connectivity index (χ4n) is 2.95. The summed E-state index contributed by atoms with van der Waals surface area (Å²) in [5, 5.41) is 13.5. The molecule has 1 N–H and O–H groups in total. The highest BCUT2D eigenvalue weighted by Gasteiger charge is 2.30. The van der Waals surface area contributed by atoms with Gasteiger partial charge in [-0.15, -0.1) is 0 Å². The molecule has 0 aromatic heterocycles. The molecule has 2 aromatic carbocycles. The van der Waals surface area contributed by atoms with Crippen LogP contribution < -0.4 is 10.2 Å². The number of para-hydroxylation sites is 1. The van der Waals surface area contributed by atoms with E-state index >= 15 is 0 Å². The lowest BCUT2D eigenvalue weighted by Crippen LogP contribution is -2.38. The van der Waals surface area contributed by atoms with Crippen LogP contribution >= 0.6 is 0 Å². The topological polar surface area (TPSA) is 104 Å². The van der Waals surface area contributed by atoms with E-state index in [-0.39, 0.29) is 24.8 Å². The summed E-state index contributed by atoms with van der Waals surface area (Å²) in [6.45, 7) is 5.74. The van der Waals surface area contributed by atoms with E-state index in [0.717, 1.165) is 0 Å². The molecule has 0 saturated heterocycles. The summed E-state index contributed by atoms with van der Waals surface area (Å²) >= 11 is 0. The molecular formula is C24H22N4O4. The molecule has 0 spiro atoms. The van der Waals surface area contributed by atoms with E-state index in [4.69, 9.17) is 9.47 Å². The Morgan fingerprint density at radius 2 is 1.94 bits per heavy atom. The molecule has 0 unspecified atom stereocenters. The van der Waals surface area contributed by atoms with Crippen molar-refractivity contribution in [3.05, 3.63) is 83.6 Å². The Hall–Kier alpha value is -4.38. The number of nitrogens with one attached hydrogen (secondary N) is 1. The van der Waals surface area contributed by atoms with Crippen LogP contribution in [0.5, 0.6) is 5.75 Å². The molecule has 1 aliphatic heterocycles. The first kappa shape index (κ1) is 22.3. The van der Waals surface area contributed by atoms with Gasteiger partial charge in [-0.3, -0.25) is 10.2 Å². The minimum Gasteiger partial charge on any atom is -0.490 e. The number of likely N-dealkylation sites (N-methyl/N-ethyl adjacent to an activating group) is 1. The summed E-state index contributed by atoms with van der Waals surface area (Å²) in [6.07, 6.45) is 0. The van der Waals surface area contributed by atoms with Gasteiger partial charge in [-0.1, -0.05) is 30.8 Å². The molecule has 3 rings (SSSR count). The molecule has 1 aliphatic rings. The van der Waals surface area contributed by atoms with Gasteiger partial charge in [-0.2, -0.15) is 10.4 Å². The minimum atomic E-state index is -0.509. The quantitative estimate of drug-likeness (QED) is 0.410. The third-order valence-electron chi connectivity index (χ3n) is 4.77. The minimum absolute atomic E-state index is 0.0966. The van der Waals surface area contributed by atoms with Crippen molar-refractivity contribution in [1.82, 2.24) is 4.90 Å². The van der Waals surface area contributed by atoms with Crippen LogP contribution in [0.3, 0.4) is 0 Å². The van der Waals surface area contributed by atoms with Gasteiger partial charge >= 0.3 is 5.97 Å². The lowest BCUT2D eigenvalue weighted by Gasteiger charge is -2.26. The Kier molecular flexibility index (Phi) is 7.03. The number of esters is 1. The number of hydrogen-bond acceptors (Lipinski definition) is 7. The van der Waals surface area contributed by atoms with E-state index < -0.39 is 5.97 Å². The normalized spacial score (nSPS) is 14.9. The molecule has 162 valence electrons. The Labute approximate surface area is 186 Å². The second-order valence-corrected chi connectivity index (χ2v) is 6.87. The van der Waals surface area contributed by atoms with Crippen molar-refractivity contribution in [2.75, 3.05) is 25.7 Å². The summed E-state index contributed by atoms with van der Waals surface area (Å²) in [6, 6.07) is 17.8. The number of rotatable bonds is 7. The predicted molar refractivity (Wildman–Crippen MR) is 120 cm³/mol. The van der Waals surface area contributed by atoms with E-state index in [1.165, 1.54) is 11.9 Å². The number of carbonyl (C=O) groups excluding carboxylic acids is 2. The number of ether oxygens (including phenoxy) is 2. The van der Waals surface area contributed by atoms with E-state index in [9.17, 15) is 14.9 Å². The van der Waals surface area contributed by atoms with Gasteiger partial charge in [0.1, 0.15) is 25.0 Å². The number of nitriles is 1. The van der Waals surface area contributed by atoms with Gasteiger partial charge in [-0.05, 0) is 37.3 Å². The average Bonchev–Trinajstić information content (AvgIpc) is 2.81. The Morgan fingerprint density at radius 1 is 1.19 bits per heavy atom. The summed E-state index contributed by atoms with van der Waals surface area (Å²) in [7, 11) is 1.53. The predicted octanol–water partition coefficient (Wildman–Crippen LogP) is 3.52. The van der Waals surface area contributed by atoms with Crippen LogP contribution in [0, 0.1) is 11.3 Å². The maximum atomic E-state index is 12.5. The Morgan fingerprint density at radius 3 is 2.66 bits per heavy atom. The van der Waals surface area contributed by atoms with E-state index in [0.29, 0.717) is 33.8 Å². The van der Waals surface area contributed by atoms with E-state index in [2.05, 4.69) is 17.1 Å². The fourth-order valence-corrected chi connectivity index (χ4v) is 2.95. The maximum absolute atomic E-state index is 12.5. The van der Waals surface area contributed by atoms with E-state index in [1.54, 1.807) is 31.2 Å². The second kappa shape index (κ2) is 10.1. The van der Waals surface area contributed by atoms with Gasteiger partial charge in [0.05, 0.1) is 22.5 Å². The molecule has 0 atom stereocenters.